The van der Waals surface area contributed by atoms with Crippen LogP contribution in [-0.2, 0) is 16.4 Å². The number of rotatable bonds is 8. The Labute approximate surface area is 169 Å². The summed E-state index contributed by atoms with van der Waals surface area (Å²) in [6.45, 7) is 1.96. The SMILES string of the molecule is CC(CCc1ccccc1)NC(=O)c1cccc(NS(=O)(=O)c2cccs2)c1. The maximum absolute atomic E-state index is 12.5. The maximum atomic E-state index is 12.5. The smallest absolute Gasteiger partial charge is 0.271 e. The third-order valence-electron chi connectivity index (χ3n) is 4.22. The van der Waals surface area contributed by atoms with Gasteiger partial charge in [0.25, 0.3) is 15.9 Å². The van der Waals surface area contributed by atoms with Crippen molar-refractivity contribution >= 4 is 33.0 Å². The number of hydrogen-bond donors (Lipinski definition) is 2. The predicted molar refractivity (Wildman–Crippen MR) is 113 cm³/mol. The van der Waals surface area contributed by atoms with Crippen LogP contribution in [-0.4, -0.2) is 20.4 Å². The summed E-state index contributed by atoms with van der Waals surface area (Å²) in [5.74, 6) is -0.224. The lowest BCUT2D eigenvalue weighted by molar-refractivity contribution is 0.0938. The second-order valence-electron chi connectivity index (χ2n) is 6.52. The summed E-state index contributed by atoms with van der Waals surface area (Å²) in [4.78, 5) is 12.5. The highest BCUT2D eigenvalue weighted by molar-refractivity contribution is 7.94. The van der Waals surface area contributed by atoms with Crippen molar-refractivity contribution in [3.05, 3.63) is 83.2 Å². The molecule has 1 amide bonds. The number of carbonyl (C=O) groups excluding carboxylic acids is 1. The van der Waals surface area contributed by atoms with Crippen LogP contribution in [0.25, 0.3) is 0 Å². The first-order chi connectivity index (χ1) is 13.4. The Morgan fingerprint density at radius 3 is 2.54 bits per heavy atom. The van der Waals surface area contributed by atoms with Crippen LogP contribution in [0.15, 0.2) is 76.3 Å². The Morgan fingerprint density at radius 1 is 1.04 bits per heavy atom. The van der Waals surface area contributed by atoms with Gasteiger partial charge in [-0.15, -0.1) is 11.3 Å². The fraction of sp³-hybridized carbons (Fsp3) is 0.190. The Morgan fingerprint density at radius 2 is 1.82 bits per heavy atom. The molecule has 2 aromatic carbocycles. The van der Waals surface area contributed by atoms with Crippen LogP contribution in [0.5, 0.6) is 0 Å². The van der Waals surface area contributed by atoms with Crippen molar-refractivity contribution in [3.8, 4) is 0 Å². The molecule has 5 nitrogen and oxygen atoms in total. The molecule has 0 saturated heterocycles. The van der Waals surface area contributed by atoms with Gasteiger partial charge in [-0.2, -0.15) is 0 Å². The normalized spacial score (nSPS) is 12.3. The van der Waals surface area contributed by atoms with E-state index >= 15 is 0 Å². The lowest BCUT2D eigenvalue weighted by Crippen LogP contribution is -2.32. The van der Waals surface area contributed by atoms with Crippen LogP contribution < -0.4 is 10.0 Å². The molecule has 146 valence electrons. The van der Waals surface area contributed by atoms with Gasteiger partial charge in [0.05, 0.1) is 0 Å². The van der Waals surface area contributed by atoms with E-state index in [2.05, 4.69) is 22.2 Å². The van der Waals surface area contributed by atoms with Crippen molar-refractivity contribution in [2.75, 3.05) is 4.72 Å². The third kappa shape index (κ3) is 5.43. The number of thiophene rings is 1. The highest BCUT2D eigenvalue weighted by Gasteiger charge is 2.16. The van der Waals surface area contributed by atoms with E-state index in [1.54, 1.807) is 35.7 Å². The highest BCUT2D eigenvalue weighted by Crippen LogP contribution is 2.21. The van der Waals surface area contributed by atoms with Gasteiger partial charge in [-0.1, -0.05) is 42.5 Å². The molecule has 3 rings (SSSR count). The van der Waals surface area contributed by atoms with Crippen molar-refractivity contribution < 1.29 is 13.2 Å². The molecule has 28 heavy (non-hydrogen) atoms. The monoisotopic (exact) mass is 414 g/mol. The molecule has 1 unspecified atom stereocenters. The molecule has 0 aliphatic carbocycles. The zero-order chi connectivity index (χ0) is 20.0. The summed E-state index contributed by atoms with van der Waals surface area (Å²) in [6.07, 6.45) is 1.70. The zero-order valence-electron chi connectivity index (χ0n) is 15.5. The minimum Gasteiger partial charge on any atom is -0.350 e. The van der Waals surface area contributed by atoms with Gasteiger partial charge in [-0.05, 0) is 55.0 Å². The number of nitrogens with one attached hydrogen (secondary N) is 2. The van der Waals surface area contributed by atoms with Gasteiger partial charge < -0.3 is 5.32 Å². The summed E-state index contributed by atoms with van der Waals surface area (Å²) in [5, 5.41) is 4.67. The van der Waals surface area contributed by atoms with Crippen LogP contribution in [0.3, 0.4) is 0 Å². The summed E-state index contributed by atoms with van der Waals surface area (Å²) in [7, 11) is -3.64. The molecule has 2 N–H and O–H groups in total. The maximum Gasteiger partial charge on any atom is 0.271 e. The molecule has 0 bridgehead atoms. The average molecular weight is 415 g/mol. The van der Waals surface area contributed by atoms with Crippen LogP contribution in [0, 0.1) is 0 Å². The fourth-order valence-electron chi connectivity index (χ4n) is 2.75. The van der Waals surface area contributed by atoms with E-state index in [1.807, 2.05) is 25.1 Å². The fourth-order valence-corrected chi connectivity index (χ4v) is 4.80. The highest BCUT2D eigenvalue weighted by atomic mass is 32.2. The molecule has 0 aliphatic heterocycles. The molecule has 0 saturated carbocycles. The van der Waals surface area contributed by atoms with E-state index in [-0.39, 0.29) is 16.2 Å². The molecule has 7 heteroatoms. The standard InChI is InChI=1S/C21H22N2O3S2/c1-16(12-13-17-7-3-2-4-8-17)22-21(24)18-9-5-10-19(15-18)23-28(25,26)20-11-6-14-27-20/h2-11,14-16,23H,12-13H2,1H3,(H,22,24). The first-order valence-electron chi connectivity index (χ1n) is 8.95. The first-order valence-corrected chi connectivity index (χ1v) is 11.3. The van der Waals surface area contributed by atoms with Gasteiger partial charge >= 0.3 is 0 Å². The molecule has 0 radical (unpaired) electrons. The molecule has 1 aromatic heterocycles. The quantitative estimate of drug-likeness (QED) is 0.577. The Balaban J connectivity index is 1.60. The average Bonchev–Trinajstić information content (AvgIpc) is 3.23. The molecule has 1 atom stereocenters. The first kappa shape index (κ1) is 20.1. The van der Waals surface area contributed by atoms with Gasteiger partial charge in [-0.25, -0.2) is 8.42 Å². The van der Waals surface area contributed by atoms with Gasteiger partial charge in [0.1, 0.15) is 4.21 Å². The van der Waals surface area contributed by atoms with E-state index < -0.39 is 10.0 Å². The second-order valence-corrected chi connectivity index (χ2v) is 9.37. The number of carbonyl (C=O) groups is 1. The van der Waals surface area contributed by atoms with Crippen molar-refractivity contribution in [2.45, 2.75) is 30.0 Å². The Bertz CT molecular complexity index is 1020. The number of anilines is 1. The minimum absolute atomic E-state index is 0.000766. The van der Waals surface area contributed by atoms with E-state index in [0.717, 1.165) is 24.2 Å². The van der Waals surface area contributed by atoms with E-state index in [4.69, 9.17) is 0 Å². The molecule has 0 aliphatic rings. The number of amides is 1. The molecular weight excluding hydrogens is 392 g/mol. The number of aryl methyl sites for hydroxylation is 1. The van der Waals surface area contributed by atoms with Crippen molar-refractivity contribution in [2.24, 2.45) is 0 Å². The Kier molecular flexibility index (Phi) is 6.49. The van der Waals surface area contributed by atoms with Gasteiger partial charge in [0.15, 0.2) is 0 Å². The molecule has 0 fully saturated rings. The lowest BCUT2D eigenvalue weighted by atomic mass is 10.1. The summed E-state index contributed by atoms with van der Waals surface area (Å²) in [6, 6.07) is 19.8. The molecular formula is C21H22N2O3S2. The van der Waals surface area contributed by atoms with Gasteiger partial charge in [-0.3, -0.25) is 9.52 Å². The van der Waals surface area contributed by atoms with Crippen molar-refractivity contribution in [3.63, 3.8) is 0 Å². The van der Waals surface area contributed by atoms with Crippen LogP contribution in [0.2, 0.25) is 0 Å². The van der Waals surface area contributed by atoms with E-state index in [1.165, 1.54) is 11.6 Å². The topological polar surface area (TPSA) is 75.3 Å². The number of hydrogen-bond acceptors (Lipinski definition) is 4. The zero-order valence-corrected chi connectivity index (χ0v) is 17.1. The summed E-state index contributed by atoms with van der Waals surface area (Å²) >= 11 is 1.14. The van der Waals surface area contributed by atoms with Crippen molar-refractivity contribution in [1.82, 2.24) is 5.32 Å². The third-order valence-corrected chi connectivity index (χ3v) is 7.00. The van der Waals surface area contributed by atoms with Crippen LogP contribution in [0.4, 0.5) is 5.69 Å². The Hall–Kier alpha value is -2.64. The van der Waals surface area contributed by atoms with E-state index in [0.29, 0.717) is 11.3 Å². The largest absolute Gasteiger partial charge is 0.350 e. The number of benzene rings is 2. The predicted octanol–water partition coefficient (Wildman–Crippen LogP) is 4.30. The summed E-state index contributed by atoms with van der Waals surface area (Å²) in [5.41, 5.74) is 2.00. The number of sulfonamides is 1. The van der Waals surface area contributed by atoms with Crippen LogP contribution >= 0.6 is 11.3 Å². The minimum atomic E-state index is -3.64. The molecule has 1 heterocycles. The second kappa shape index (κ2) is 9.03. The summed E-state index contributed by atoms with van der Waals surface area (Å²) < 4.78 is 27.4. The van der Waals surface area contributed by atoms with Crippen molar-refractivity contribution in [1.29, 1.82) is 0 Å². The van der Waals surface area contributed by atoms with Gasteiger partial charge in [0.2, 0.25) is 0 Å². The van der Waals surface area contributed by atoms with Crippen LogP contribution in [0.1, 0.15) is 29.3 Å². The lowest BCUT2D eigenvalue weighted by Gasteiger charge is -2.14. The molecule has 0 spiro atoms. The molecule has 3 aromatic rings. The van der Waals surface area contributed by atoms with E-state index in [9.17, 15) is 13.2 Å². The van der Waals surface area contributed by atoms with Gasteiger partial charge in [0, 0.05) is 17.3 Å².